The standard InChI is InChI=1S/C18H21ClN2O4S/c1-13(2)25-17-6-4-5-16(11-17)21(26(3,23)24)12-18(22)20-15-9-7-14(19)8-10-15/h4-11,13H,12H2,1-3H3,(H,20,22). The number of nitrogens with one attached hydrogen (secondary N) is 1. The summed E-state index contributed by atoms with van der Waals surface area (Å²) in [6.07, 6.45) is 1.00. The topological polar surface area (TPSA) is 75.7 Å². The van der Waals surface area contributed by atoms with E-state index in [0.29, 0.717) is 22.1 Å². The summed E-state index contributed by atoms with van der Waals surface area (Å²) in [6.45, 7) is 3.40. The Morgan fingerprint density at radius 2 is 1.85 bits per heavy atom. The number of amides is 1. The third kappa shape index (κ3) is 5.93. The minimum absolute atomic E-state index is 0.0508. The van der Waals surface area contributed by atoms with Crippen molar-refractivity contribution in [2.24, 2.45) is 0 Å². The highest BCUT2D eigenvalue weighted by molar-refractivity contribution is 7.92. The summed E-state index contributed by atoms with van der Waals surface area (Å²) in [7, 11) is -3.66. The molecule has 8 heteroatoms. The third-order valence-corrected chi connectivity index (χ3v) is 4.69. The van der Waals surface area contributed by atoms with Gasteiger partial charge in [-0.25, -0.2) is 8.42 Å². The summed E-state index contributed by atoms with van der Waals surface area (Å²) in [4.78, 5) is 12.3. The van der Waals surface area contributed by atoms with Crippen molar-refractivity contribution in [1.29, 1.82) is 0 Å². The first-order valence-corrected chi connectivity index (χ1v) is 10.2. The highest BCUT2D eigenvalue weighted by Crippen LogP contribution is 2.24. The molecule has 0 atom stereocenters. The van der Waals surface area contributed by atoms with E-state index < -0.39 is 15.9 Å². The van der Waals surface area contributed by atoms with Gasteiger partial charge in [-0.2, -0.15) is 0 Å². The average molecular weight is 397 g/mol. The molecule has 140 valence electrons. The van der Waals surface area contributed by atoms with Crippen molar-refractivity contribution < 1.29 is 17.9 Å². The highest BCUT2D eigenvalue weighted by atomic mass is 35.5. The van der Waals surface area contributed by atoms with Gasteiger partial charge in [0.15, 0.2) is 0 Å². The van der Waals surface area contributed by atoms with Gasteiger partial charge >= 0.3 is 0 Å². The quantitative estimate of drug-likeness (QED) is 0.776. The van der Waals surface area contributed by atoms with Crippen molar-refractivity contribution >= 4 is 38.9 Å². The Bertz CT molecular complexity index is 867. The molecule has 0 aliphatic carbocycles. The van der Waals surface area contributed by atoms with Crippen molar-refractivity contribution in [1.82, 2.24) is 0 Å². The predicted molar refractivity (Wildman–Crippen MR) is 104 cm³/mol. The minimum atomic E-state index is -3.66. The molecule has 0 bridgehead atoms. The van der Waals surface area contributed by atoms with Gasteiger partial charge < -0.3 is 10.1 Å². The Morgan fingerprint density at radius 1 is 1.19 bits per heavy atom. The SMILES string of the molecule is CC(C)Oc1cccc(N(CC(=O)Nc2ccc(Cl)cc2)S(C)(=O)=O)c1. The van der Waals surface area contributed by atoms with Crippen LogP contribution in [0.3, 0.4) is 0 Å². The van der Waals surface area contributed by atoms with Crippen LogP contribution in [0.4, 0.5) is 11.4 Å². The van der Waals surface area contributed by atoms with Crippen LogP contribution in [0.2, 0.25) is 5.02 Å². The second kappa shape index (κ2) is 8.42. The monoisotopic (exact) mass is 396 g/mol. The number of rotatable bonds is 7. The van der Waals surface area contributed by atoms with E-state index in [9.17, 15) is 13.2 Å². The molecular formula is C18H21ClN2O4S. The first kappa shape index (κ1) is 20.1. The zero-order chi connectivity index (χ0) is 19.3. The number of ether oxygens (including phenoxy) is 1. The molecule has 1 N–H and O–H groups in total. The number of sulfonamides is 1. The number of carbonyl (C=O) groups is 1. The van der Waals surface area contributed by atoms with Crippen LogP contribution in [0.1, 0.15) is 13.8 Å². The first-order chi connectivity index (χ1) is 12.1. The maximum Gasteiger partial charge on any atom is 0.245 e. The first-order valence-electron chi connectivity index (χ1n) is 7.95. The molecule has 0 aliphatic rings. The zero-order valence-electron chi connectivity index (χ0n) is 14.8. The van der Waals surface area contributed by atoms with Gasteiger partial charge in [-0.3, -0.25) is 9.10 Å². The van der Waals surface area contributed by atoms with Gasteiger partial charge in [0.2, 0.25) is 15.9 Å². The van der Waals surface area contributed by atoms with Crippen molar-refractivity contribution in [2.75, 3.05) is 22.4 Å². The molecule has 0 spiro atoms. The smallest absolute Gasteiger partial charge is 0.245 e. The van der Waals surface area contributed by atoms with E-state index in [-0.39, 0.29) is 12.6 Å². The Balaban J connectivity index is 2.20. The van der Waals surface area contributed by atoms with Crippen molar-refractivity contribution in [2.45, 2.75) is 20.0 Å². The largest absolute Gasteiger partial charge is 0.491 e. The van der Waals surface area contributed by atoms with Gasteiger partial charge in [0, 0.05) is 16.8 Å². The lowest BCUT2D eigenvalue weighted by Gasteiger charge is -2.22. The van der Waals surface area contributed by atoms with Crippen LogP contribution in [0.5, 0.6) is 5.75 Å². The highest BCUT2D eigenvalue weighted by Gasteiger charge is 2.21. The molecule has 0 unspecified atom stereocenters. The van der Waals surface area contributed by atoms with Gasteiger partial charge in [-0.15, -0.1) is 0 Å². The van der Waals surface area contributed by atoms with E-state index in [2.05, 4.69) is 5.32 Å². The predicted octanol–water partition coefficient (Wildman–Crippen LogP) is 3.53. The van der Waals surface area contributed by atoms with Crippen LogP contribution in [0.25, 0.3) is 0 Å². The second-order valence-electron chi connectivity index (χ2n) is 5.99. The molecule has 0 heterocycles. The molecule has 6 nitrogen and oxygen atoms in total. The molecule has 0 radical (unpaired) electrons. The summed E-state index contributed by atoms with van der Waals surface area (Å²) >= 11 is 5.81. The number of carbonyl (C=O) groups excluding carboxylic acids is 1. The van der Waals surface area contributed by atoms with Crippen LogP contribution >= 0.6 is 11.6 Å². The number of benzene rings is 2. The van der Waals surface area contributed by atoms with E-state index in [0.717, 1.165) is 10.6 Å². The summed E-state index contributed by atoms with van der Waals surface area (Å²) in [5, 5.41) is 3.20. The van der Waals surface area contributed by atoms with E-state index in [4.69, 9.17) is 16.3 Å². The lowest BCUT2D eigenvalue weighted by molar-refractivity contribution is -0.114. The molecule has 1 amide bonds. The number of hydrogen-bond acceptors (Lipinski definition) is 4. The zero-order valence-corrected chi connectivity index (χ0v) is 16.3. The molecule has 0 aromatic heterocycles. The number of anilines is 2. The van der Waals surface area contributed by atoms with Crippen LogP contribution < -0.4 is 14.4 Å². The molecule has 0 aliphatic heterocycles. The van der Waals surface area contributed by atoms with Crippen LogP contribution in [-0.4, -0.2) is 33.2 Å². The molecular weight excluding hydrogens is 376 g/mol. The van der Waals surface area contributed by atoms with E-state index >= 15 is 0 Å². The molecule has 2 aromatic carbocycles. The Hall–Kier alpha value is -2.25. The van der Waals surface area contributed by atoms with Crippen LogP contribution in [0, 0.1) is 0 Å². The number of halogens is 1. The van der Waals surface area contributed by atoms with Gasteiger partial charge in [0.25, 0.3) is 0 Å². The summed E-state index contributed by atoms with van der Waals surface area (Å²) < 4.78 is 31.0. The number of hydrogen-bond donors (Lipinski definition) is 1. The Morgan fingerprint density at radius 3 is 2.42 bits per heavy atom. The Labute approximate surface area is 158 Å². The van der Waals surface area contributed by atoms with E-state index in [1.165, 1.54) is 0 Å². The molecule has 2 aromatic rings. The van der Waals surface area contributed by atoms with Gasteiger partial charge in [0.1, 0.15) is 12.3 Å². The van der Waals surface area contributed by atoms with Crippen LogP contribution in [0.15, 0.2) is 48.5 Å². The van der Waals surface area contributed by atoms with Crippen molar-refractivity contribution in [3.8, 4) is 5.75 Å². The summed E-state index contributed by atoms with van der Waals surface area (Å²) in [5.74, 6) is 0.0668. The third-order valence-electron chi connectivity index (χ3n) is 3.29. The summed E-state index contributed by atoms with van der Waals surface area (Å²) in [5.41, 5.74) is 0.890. The number of nitrogens with zero attached hydrogens (tertiary/aromatic N) is 1. The lowest BCUT2D eigenvalue weighted by atomic mass is 10.3. The van der Waals surface area contributed by atoms with Gasteiger partial charge in [-0.1, -0.05) is 17.7 Å². The van der Waals surface area contributed by atoms with Gasteiger partial charge in [0.05, 0.1) is 18.0 Å². The molecule has 0 saturated heterocycles. The minimum Gasteiger partial charge on any atom is -0.491 e. The van der Waals surface area contributed by atoms with Crippen molar-refractivity contribution in [3.63, 3.8) is 0 Å². The fourth-order valence-electron chi connectivity index (χ4n) is 2.25. The lowest BCUT2D eigenvalue weighted by Crippen LogP contribution is -2.37. The normalized spacial score (nSPS) is 11.3. The second-order valence-corrected chi connectivity index (χ2v) is 8.33. The van der Waals surface area contributed by atoms with Gasteiger partial charge in [-0.05, 0) is 50.2 Å². The van der Waals surface area contributed by atoms with Crippen LogP contribution in [-0.2, 0) is 14.8 Å². The summed E-state index contributed by atoms with van der Waals surface area (Å²) in [6, 6.07) is 13.2. The maximum absolute atomic E-state index is 12.3. The average Bonchev–Trinajstić information content (AvgIpc) is 2.53. The molecule has 0 saturated carbocycles. The fraction of sp³-hybridized carbons (Fsp3) is 0.278. The van der Waals surface area contributed by atoms with Crippen molar-refractivity contribution in [3.05, 3.63) is 53.6 Å². The van der Waals surface area contributed by atoms with E-state index in [1.54, 1.807) is 48.5 Å². The Kier molecular flexibility index (Phi) is 6.50. The molecule has 2 rings (SSSR count). The van der Waals surface area contributed by atoms with E-state index in [1.807, 2.05) is 13.8 Å². The molecule has 26 heavy (non-hydrogen) atoms. The molecule has 0 fully saturated rings. The maximum atomic E-state index is 12.3. The fourth-order valence-corrected chi connectivity index (χ4v) is 3.22.